The lowest BCUT2D eigenvalue weighted by Crippen LogP contribution is -2.31. The summed E-state index contributed by atoms with van der Waals surface area (Å²) in [5.41, 5.74) is 3.29. The van der Waals surface area contributed by atoms with Gasteiger partial charge < -0.3 is 10.2 Å². The van der Waals surface area contributed by atoms with Crippen molar-refractivity contribution in [2.75, 3.05) is 18.0 Å². The van der Waals surface area contributed by atoms with E-state index in [1.807, 2.05) is 6.07 Å². The van der Waals surface area contributed by atoms with Crippen molar-refractivity contribution in [3.8, 4) is 0 Å². The fourth-order valence-corrected chi connectivity index (χ4v) is 2.83. The molecule has 1 aromatic rings. The SMILES string of the molecule is CC(=O)N/C(=C\C(C)C)c1ccccc1N1CCCCC1. The topological polar surface area (TPSA) is 32.3 Å². The molecule has 2 rings (SSSR count). The van der Waals surface area contributed by atoms with Crippen molar-refractivity contribution in [3.63, 3.8) is 0 Å². The van der Waals surface area contributed by atoms with Gasteiger partial charge in [-0.1, -0.05) is 38.1 Å². The molecule has 1 aliphatic rings. The van der Waals surface area contributed by atoms with Crippen LogP contribution in [0.15, 0.2) is 30.3 Å². The van der Waals surface area contributed by atoms with E-state index in [0.29, 0.717) is 5.92 Å². The summed E-state index contributed by atoms with van der Waals surface area (Å²) in [6, 6.07) is 8.39. The summed E-state index contributed by atoms with van der Waals surface area (Å²) in [6.07, 6.45) is 5.94. The van der Waals surface area contributed by atoms with Crippen molar-refractivity contribution in [1.82, 2.24) is 5.32 Å². The average molecular weight is 286 g/mol. The smallest absolute Gasteiger partial charge is 0.221 e. The number of carbonyl (C=O) groups is 1. The van der Waals surface area contributed by atoms with E-state index in [1.165, 1.54) is 24.9 Å². The van der Waals surface area contributed by atoms with E-state index in [-0.39, 0.29) is 5.91 Å². The predicted octanol–water partition coefficient (Wildman–Crippen LogP) is 3.81. The first-order chi connectivity index (χ1) is 10.1. The third-order valence-electron chi connectivity index (χ3n) is 3.70. The summed E-state index contributed by atoms with van der Waals surface area (Å²) in [4.78, 5) is 14.0. The lowest BCUT2D eigenvalue weighted by atomic mass is 10.0. The van der Waals surface area contributed by atoms with Gasteiger partial charge in [0.2, 0.25) is 5.91 Å². The molecule has 0 saturated carbocycles. The Morgan fingerprint density at radius 1 is 1.19 bits per heavy atom. The lowest BCUT2D eigenvalue weighted by Gasteiger charge is -2.31. The second-order valence-electron chi connectivity index (χ2n) is 6.07. The molecule has 1 N–H and O–H groups in total. The molecule has 1 heterocycles. The number of allylic oxidation sites excluding steroid dienone is 1. The lowest BCUT2D eigenvalue weighted by molar-refractivity contribution is -0.117. The van der Waals surface area contributed by atoms with Crippen LogP contribution in [0, 0.1) is 5.92 Å². The van der Waals surface area contributed by atoms with E-state index in [1.54, 1.807) is 6.92 Å². The Bertz CT molecular complexity index is 514. The Labute approximate surface area is 128 Å². The van der Waals surface area contributed by atoms with Crippen LogP contribution < -0.4 is 10.2 Å². The highest BCUT2D eigenvalue weighted by Crippen LogP contribution is 2.29. The maximum Gasteiger partial charge on any atom is 0.221 e. The van der Waals surface area contributed by atoms with E-state index in [2.05, 4.69) is 48.3 Å². The summed E-state index contributed by atoms with van der Waals surface area (Å²) >= 11 is 0. The number of carbonyl (C=O) groups excluding carboxylic acids is 1. The average Bonchev–Trinajstić information content (AvgIpc) is 2.46. The van der Waals surface area contributed by atoms with Gasteiger partial charge in [0.1, 0.15) is 0 Å². The second-order valence-corrected chi connectivity index (χ2v) is 6.07. The summed E-state index contributed by atoms with van der Waals surface area (Å²) < 4.78 is 0. The zero-order valence-corrected chi connectivity index (χ0v) is 13.4. The van der Waals surface area contributed by atoms with Gasteiger partial charge in [-0.15, -0.1) is 0 Å². The van der Waals surface area contributed by atoms with Crippen LogP contribution in [0.2, 0.25) is 0 Å². The van der Waals surface area contributed by atoms with Gasteiger partial charge >= 0.3 is 0 Å². The fraction of sp³-hybridized carbons (Fsp3) is 0.500. The van der Waals surface area contributed by atoms with Gasteiger partial charge in [-0.05, 0) is 31.2 Å². The predicted molar refractivity (Wildman–Crippen MR) is 89.1 cm³/mol. The minimum atomic E-state index is -0.0182. The molecule has 1 fully saturated rings. The van der Waals surface area contributed by atoms with Crippen molar-refractivity contribution in [2.45, 2.75) is 40.0 Å². The van der Waals surface area contributed by atoms with Crippen LogP contribution in [0.5, 0.6) is 0 Å². The number of anilines is 1. The minimum Gasteiger partial charge on any atom is -0.371 e. The Hall–Kier alpha value is -1.77. The quantitative estimate of drug-likeness (QED) is 0.913. The number of hydrogen-bond acceptors (Lipinski definition) is 2. The van der Waals surface area contributed by atoms with Crippen molar-refractivity contribution >= 4 is 17.3 Å². The Morgan fingerprint density at radius 2 is 1.86 bits per heavy atom. The Morgan fingerprint density at radius 3 is 2.48 bits per heavy atom. The highest BCUT2D eigenvalue weighted by atomic mass is 16.1. The van der Waals surface area contributed by atoms with Crippen molar-refractivity contribution < 1.29 is 4.79 Å². The first-order valence-electron chi connectivity index (χ1n) is 7.91. The van der Waals surface area contributed by atoms with E-state index in [9.17, 15) is 4.79 Å². The van der Waals surface area contributed by atoms with Crippen LogP contribution in [0.4, 0.5) is 5.69 Å². The maximum absolute atomic E-state index is 11.5. The summed E-state index contributed by atoms with van der Waals surface area (Å²) in [6.45, 7) is 8.03. The normalized spacial score (nSPS) is 16.2. The van der Waals surface area contributed by atoms with Gasteiger partial charge in [0.15, 0.2) is 0 Å². The molecule has 0 spiro atoms. The first-order valence-corrected chi connectivity index (χ1v) is 7.91. The van der Waals surface area contributed by atoms with Crippen LogP contribution in [0.3, 0.4) is 0 Å². The van der Waals surface area contributed by atoms with Crippen molar-refractivity contribution in [3.05, 3.63) is 35.9 Å². The number of para-hydroxylation sites is 1. The third kappa shape index (κ3) is 4.35. The molecule has 0 bridgehead atoms. The molecule has 1 amide bonds. The molecule has 21 heavy (non-hydrogen) atoms. The van der Waals surface area contributed by atoms with Gasteiger partial charge in [-0.3, -0.25) is 4.79 Å². The van der Waals surface area contributed by atoms with Crippen LogP contribution in [-0.4, -0.2) is 19.0 Å². The molecule has 0 aliphatic carbocycles. The molecule has 1 saturated heterocycles. The highest BCUT2D eigenvalue weighted by molar-refractivity contribution is 5.88. The minimum absolute atomic E-state index is 0.0182. The first kappa shape index (κ1) is 15.6. The number of hydrogen-bond donors (Lipinski definition) is 1. The zero-order chi connectivity index (χ0) is 15.2. The molecule has 3 nitrogen and oxygen atoms in total. The molecule has 0 unspecified atom stereocenters. The summed E-state index contributed by atoms with van der Waals surface area (Å²) in [5, 5.41) is 3.00. The molecule has 3 heteroatoms. The number of amides is 1. The van der Waals surface area contributed by atoms with Crippen molar-refractivity contribution in [1.29, 1.82) is 0 Å². The Balaban J connectivity index is 2.37. The van der Waals surface area contributed by atoms with Crippen LogP contribution >= 0.6 is 0 Å². The van der Waals surface area contributed by atoms with Gasteiger partial charge in [0.05, 0.1) is 0 Å². The Kier molecular flexibility index (Phi) is 5.43. The van der Waals surface area contributed by atoms with Crippen LogP contribution in [-0.2, 0) is 4.79 Å². The number of rotatable bonds is 4. The van der Waals surface area contributed by atoms with Gasteiger partial charge in [-0.25, -0.2) is 0 Å². The fourth-order valence-electron chi connectivity index (χ4n) is 2.83. The largest absolute Gasteiger partial charge is 0.371 e. The van der Waals surface area contributed by atoms with Crippen molar-refractivity contribution in [2.24, 2.45) is 5.92 Å². The van der Waals surface area contributed by atoms with Gasteiger partial charge in [0.25, 0.3) is 0 Å². The van der Waals surface area contributed by atoms with Crippen LogP contribution in [0.25, 0.3) is 5.70 Å². The van der Waals surface area contributed by atoms with E-state index >= 15 is 0 Å². The number of nitrogens with one attached hydrogen (secondary N) is 1. The van der Waals surface area contributed by atoms with Crippen LogP contribution in [0.1, 0.15) is 45.6 Å². The molecular weight excluding hydrogens is 260 g/mol. The van der Waals surface area contributed by atoms with E-state index in [4.69, 9.17) is 0 Å². The second kappa shape index (κ2) is 7.30. The number of piperidine rings is 1. The van der Waals surface area contributed by atoms with Gasteiger partial charge in [-0.2, -0.15) is 0 Å². The molecule has 0 aromatic heterocycles. The van der Waals surface area contributed by atoms with Gasteiger partial charge in [0, 0.05) is 37.0 Å². The number of nitrogens with zero attached hydrogens (tertiary/aromatic N) is 1. The van der Waals surface area contributed by atoms with E-state index in [0.717, 1.165) is 24.4 Å². The maximum atomic E-state index is 11.5. The zero-order valence-electron chi connectivity index (χ0n) is 13.4. The number of benzene rings is 1. The summed E-state index contributed by atoms with van der Waals surface area (Å²) in [5.74, 6) is 0.372. The monoisotopic (exact) mass is 286 g/mol. The molecule has 114 valence electrons. The molecule has 1 aromatic carbocycles. The molecule has 1 aliphatic heterocycles. The molecule has 0 atom stereocenters. The molecular formula is C18H26N2O. The molecule has 0 radical (unpaired) electrons. The van der Waals surface area contributed by atoms with E-state index < -0.39 is 0 Å². The standard InChI is InChI=1S/C18H26N2O/c1-14(2)13-17(19-15(3)21)16-9-5-6-10-18(16)20-11-7-4-8-12-20/h5-6,9-10,13-14H,4,7-8,11-12H2,1-3H3,(H,19,21)/b17-13-. The third-order valence-corrected chi connectivity index (χ3v) is 3.70. The summed E-state index contributed by atoms with van der Waals surface area (Å²) in [7, 11) is 0. The highest BCUT2D eigenvalue weighted by Gasteiger charge is 2.16.